The lowest BCUT2D eigenvalue weighted by atomic mass is 10.2. The van der Waals surface area contributed by atoms with Crippen LogP contribution in [0.5, 0.6) is 5.75 Å². The van der Waals surface area contributed by atoms with E-state index in [1.807, 2.05) is 36.4 Å². The molecule has 0 unspecified atom stereocenters. The van der Waals surface area contributed by atoms with Crippen LogP contribution in [-0.2, 0) is 21.5 Å². The minimum Gasteiger partial charge on any atom is -0.444 e. The molecule has 146 valence electrons. The first kappa shape index (κ1) is 19.9. The van der Waals surface area contributed by atoms with E-state index in [-0.39, 0.29) is 17.3 Å². The third kappa shape index (κ3) is 5.57. The molecule has 0 saturated carbocycles. The summed E-state index contributed by atoms with van der Waals surface area (Å²) in [6.07, 6.45) is -0.632. The van der Waals surface area contributed by atoms with Crippen LogP contribution in [0.3, 0.4) is 0 Å². The molecular weight excluding hydrogens is 392 g/mol. The van der Waals surface area contributed by atoms with Crippen molar-refractivity contribution >= 4 is 21.9 Å². The lowest BCUT2D eigenvalue weighted by molar-refractivity contribution is 0.155. The van der Waals surface area contributed by atoms with Crippen molar-refractivity contribution in [3.8, 4) is 11.8 Å². The first-order valence-corrected chi connectivity index (χ1v) is 9.89. The maximum Gasteiger partial charge on any atom is 0.411 e. The molecule has 0 aromatic heterocycles. The van der Waals surface area contributed by atoms with E-state index in [1.165, 1.54) is 48.5 Å². The van der Waals surface area contributed by atoms with Crippen LogP contribution in [0.25, 0.3) is 0 Å². The number of ether oxygens (including phenoxy) is 1. The van der Waals surface area contributed by atoms with Gasteiger partial charge in [0, 0.05) is 5.69 Å². The highest BCUT2D eigenvalue weighted by Gasteiger charge is 2.16. The highest BCUT2D eigenvalue weighted by atomic mass is 32.2. The molecule has 3 aromatic rings. The number of carbonyl (C=O) groups is 1. The van der Waals surface area contributed by atoms with Crippen molar-refractivity contribution in [1.29, 1.82) is 5.26 Å². The zero-order valence-corrected chi connectivity index (χ0v) is 15.9. The Morgan fingerprint density at radius 1 is 0.931 bits per heavy atom. The van der Waals surface area contributed by atoms with Gasteiger partial charge in [0.2, 0.25) is 0 Å². The molecule has 0 radical (unpaired) electrons. The van der Waals surface area contributed by atoms with Gasteiger partial charge in [-0.05, 0) is 54.1 Å². The fourth-order valence-corrected chi connectivity index (χ4v) is 3.27. The summed E-state index contributed by atoms with van der Waals surface area (Å²) < 4.78 is 34.8. The molecule has 0 heterocycles. The Balaban J connectivity index is 1.58. The lowest BCUT2D eigenvalue weighted by Crippen LogP contribution is -2.13. The van der Waals surface area contributed by atoms with Crippen molar-refractivity contribution in [2.24, 2.45) is 0 Å². The molecule has 0 atom stereocenters. The van der Waals surface area contributed by atoms with Gasteiger partial charge in [0.05, 0.1) is 11.6 Å². The molecule has 0 spiro atoms. The average Bonchev–Trinajstić information content (AvgIpc) is 2.74. The van der Waals surface area contributed by atoms with Crippen LogP contribution in [0.1, 0.15) is 11.1 Å². The van der Waals surface area contributed by atoms with E-state index >= 15 is 0 Å². The second-order valence-electron chi connectivity index (χ2n) is 5.88. The number of hydrogen-bond donors (Lipinski definition) is 1. The summed E-state index contributed by atoms with van der Waals surface area (Å²) in [5.74, 6) is 0.0811. The van der Waals surface area contributed by atoms with Crippen molar-refractivity contribution in [2.45, 2.75) is 11.5 Å². The van der Waals surface area contributed by atoms with E-state index in [4.69, 9.17) is 14.2 Å². The molecule has 0 bridgehead atoms. The number of anilines is 1. The first-order chi connectivity index (χ1) is 14.0. The summed E-state index contributed by atoms with van der Waals surface area (Å²) in [6, 6.07) is 22.4. The zero-order chi connectivity index (χ0) is 20.7. The molecule has 7 nitrogen and oxygen atoms in total. The van der Waals surface area contributed by atoms with Crippen molar-refractivity contribution in [2.75, 3.05) is 5.32 Å². The number of nitrogens with zero attached hydrogens (tertiary/aromatic N) is 1. The third-order valence-corrected chi connectivity index (χ3v) is 5.05. The fourth-order valence-electron chi connectivity index (χ4n) is 2.34. The van der Waals surface area contributed by atoms with Crippen molar-refractivity contribution in [3.63, 3.8) is 0 Å². The van der Waals surface area contributed by atoms with Crippen molar-refractivity contribution in [1.82, 2.24) is 0 Å². The predicted octanol–water partition coefficient (Wildman–Crippen LogP) is 4.07. The second kappa shape index (κ2) is 8.91. The highest BCUT2D eigenvalue weighted by Crippen LogP contribution is 2.21. The van der Waals surface area contributed by atoms with Crippen LogP contribution in [0.15, 0.2) is 83.8 Å². The maximum absolute atomic E-state index is 12.3. The number of rotatable bonds is 6. The molecule has 1 N–H and O–H groups in total. The highest BCUT2D eigenvalue weighted by molar-refractivity contribution is 7.87. The zero-order valence-electron chi connectivity index (χ0n) is 15.1. The average molecular weight is 408 g/mol. The Morgan fingerprint density at radius 3 is 2.21 bits per heavy atom. The Labute approximate surface area is 168 Å². The molecule has 29 heavy (non-hydrogen) atoms. The molecule has 0 fully saturated rings. The number of nitrogens with one attached hydrogen (secondary N) is 1. The van der Waals surface area contributed by atoms with Gasteiger partial charge in [0.15, 0.2) is 0 Å². The van der Waals surface area contributed by atoms with Gasteiger partial charge in [-0.25, -0.2) is 4.79 Å². The molecule has 8 heteroatoms. The van der Waals surface area contributed by atoms with Crippen molar-refractivity contribution in [3.05, 3.63) is 90.0 Å². The van der Waals surface area contributed by atoms with Gasteiger partial charge in [-0.1, -0.05) is 30.3 Å². The summed E-state index contributed by atoms with van der Waals surface area (Å²) in [5, 5.41) is 11.3. The fraction of sp³-hybridized carbons (Fsp3) is 0.0476. The molecular formula is C21H16N2O5S. The predicted molar refractivity (Wildman–Crippen MR) is 106 cm³/mol. The van der Waals surface area contributed by atoms with E-state index in [9.17, 15) is 13.2 Å². The first-order valence-electron chi connectivity index (χ1n) is 8.49. The van der Waals surface area contributed by atoms with Gasteiger partial charge in [0.25, 0.3) is 0 Å². The quantitative estimate of drug-likeness (QED) is 0.616. The van der Waals surface area contributed by atoms with E-state index in [2.05, 4.69) is 5.32 Å². The molecule has 0 saturated heterocycles. The summed E-state index contributed by atoms with van der Waals surface area (Å²) >= 11 is 0. The van der Waals surface area contributed by atoms with E-state index in [1.54, 1.807) is 0 Å². The monoisotopic (exact) mass is 408 g/mol. The Hall–Kier alpha value is -3.83. The van der Waals surface area contributed by atoms with Crippen LogP contribution in [0.4, 0.5) is 10.5 Å². The molecule has 1 amide bonds. The summed E-state index contributed by atoms with van der Waals surface area (Å²) in [5.41, 5.74) is 1.63. The van der Waals surface area contributed by atoms with E-state index in [0.717, 1.165) is 5.56 Å². The molecule has 0 aliphatic heterocycles. The van der Waals surface area contributed by atoms with Crippen LogP contribution in [-0.4, -0.2) is 14.5 Å². The standard InChI is InChI=1S/C21H16N2O5S/c22-14-16-6-12-20(13-7-16)29(25,26)28-19-10-8-18(9-11-19)23-21(24)27-15-17-4-2-1-3-5-17/h1-13H,15H2,(H,23,24). The van der Waals surface area contributed by atoms with E-state index in [0.29, 0.717) is 11.3 Å². The van der Waals surface area contributed by atoms with Crippen LogP contribution in [0.2, 0.25) is 0 Å². The Kier molecular flexibility index (Phi) is 6.12. The smallest absolute Gasteiger partial charge is 0.411 e. The minimum absolute atomic E-state index is 0.0665. The van der Waals surface area contributed by atoms with Crippen LogP contribution >= 0.6 is 0 Å². The topological polar surface area (TPSA) is 105 Å². The second-order valence-corrected chi connectivity index (χ2v) is 7.43. The minimum atomic E-state index is -4.03. The third-order valence-electron chi connectivity index (χ3n) is 3.79. The summed E-state index contributed by atoms with van der Waals surface area (Å²) in [4.78, 5) is 11.8. The number of hydrogen-bond acceptors (Lipinski definition) is 6. The SMILES string of the molecule is N#Cc1ccc(S(=O)(=O)Oc2ccc(NC(=O)OCc3ccccc3)cc2)cc1. The summed E-state index contributed by atoms with van der Waals surface area (Å²) in [7, 11) is -4.03. The van der Waals surface area contributed by atoms with E-state index < -0.39 is 16.2 Å². The number of amides is 1. The Morgan fingerprint density at radius 2 is 1.59 bits per heavy atom. The molecule has 0 aliphatic rings. The number of benzene rings is 3. The molecule has 3 aromatic carbocycles. The lowest BCUT2D eigenvalue weighted by Gasteiger charge is -2.09. The van der Waals surface area contributed by atoms with Crippen LogP contribution < -0.4 is 9.50 Å². The molecule has 3 rings (SSSR count). The largest absolute Gasteiger partial charge is 0.444 e. The van der Waals surface area contributed by atoms with Crippen molar-refractivity contribution < 1.29 is 22.1 Å². The van der Waals surface area contributed by atoms with Gasteiger partial charge < -0.3 is 8.92 Å². The summed E-state index contributed by atoms with van der Waals surface area (Å²) in [6.45, 7) is 0.136. The Bertz CT molecular complexity index is 1120. The maximum atomic E-state index is 12.3. The molecule has 0 aliphatic carbocycles. The van der Waals surface area contributed by atoms with Crippen LogP contribution in [0, 0.1) is 11.3 Å². The van der Waals surface area contributed by atoms with Gasteiger partial charge in [-0.15, -0.1) is 0 Å². The van der Waals surface area contributed by atoms with Gasteiger partial charge in [-0.3, -0.25) is 5.32 Å². The van der Waals surface area contributed by atoms with Gasteiger partial charge in [-0.2, -0.15) is 13.7 Å². The number of nitriles is 1. The van der Waals surface area contributed by atoms with Gasteiger partial charge in [0.1, 0.15) is 17.3 Å². The van der Waals surface area contributed by atoms with Gasteiger partial charge >= 0.3 is 16.2 Å². The normalized spacial score (nSPS) is 10.6. The number of carbonyl (C=O) groups excluding carboxylic acids is 1.